The van der Waals surface area contributed by atoms with E-state index in [0.29, 0.717) is 10.9 Å². The first-order chi connectivity index (χ1) is 10.7. The average molecular weight is 294 g/mol. The zero-order valence-electron chi connectivity index (χ0n) is 11.6. The number of H-pyrrole nitrogens is 1. The van der Waals surface area contributed by atoms with E-state index in [-0.39, 0.29) is 5.69 Å². The Morgan fingerprint density at radius 2 is 1.73 bits per heavy atom. The second kappa shape index (κ2) is 5.69. The number of benzene rings is 2. The van der Waals surface area contributed by atoms with Gasteiger partial charge in [-0.2, -0.15) is 5.10 Å². The van der Waals surface area contributed by atoms with Gasteiger partial charge in [0.15, 0.2) is 5.69 Å². The third-order valence-electron chi connectivity index (χ3n) is 3.38. The van der Waals surface area contributed by atoms with Gasteiger partial charge >= 0.3 is 0 Å². The van der Waals surface area contributed by atoms with Crippen LogP contribution in [0.2, 0.25) is 0 Å². The van der Waals surface area contributed by atoms with Crippen LogP contribution in [-0.4, -0.2) is 22.0 Å². The van der Waals surface area contributed by atoms with Crippen LogP contribution in [0.1, 0.15) is 22.1 Å². The lowest BCUT2D eigenvalue weighted by Gasteiger charge is -2.15. The molecule has 0 fully saturated rings. The first-order valence-electron chi connectivity index (χ1n) is 6.75. The number of aromatic amines is 1. The molecule has 22 heavy (non-hydrogen) atoms. The highest BCUT2D eigenvalue weighted by Crippen LogP contribution is 2.17. The fraction of sp³-hybridized carbons (Fsp3) is 0.0625. The molecule has 4 N–H and O–H groups in total. The summed E-state index contributed by atoms with van der Waals surface area (Å²) in [7, 11) is 0. The number of aromatic nitrogens is 2. The molecule has 0 saturated carbocycles. The number of carbonyl (C=O) groups is 2. The highest BCUT2D eigenvalue weighted by molar-refractivity contribution is 6.06. The number of carbonyl (C=O) groups excluding carboxylic acids is 2. The third-order valence-corrected chi connectivity index (χ3v) is 3.38. The van der Waals surface area contributed by atoms with Crippen molar-refractivity contribution in [1.29, 1.82) is 0 Å². The molecule has 1 aromatic heterocycles. The van der Waals surface area contributed by atoms with Gasteiger partial charge in [0.1, 0.15) is 6.04 Å². The van der Waals surface area contributed by atoms with E-state index in [0.717, 1.165) is 5.52 Å². The summed E-state index contributed by atoms with van der Waals surface area (Å²) in [5.74, 6) is -1.08. The van der Waals surface area contributed by atoms with Gasteiger partial charge in [-0.3, -0.25) is 14.7 Å². The molecule has 0 aliphatic carbocycles. The molecule has 110 valence electrons. The van der Waals surface area contributed by atoms with Crippen LogP contribution < -0.4 is 11.1 Å². The summed E-state index contributed by atoms with van der Waals surface area (Å²) in [6, 6.07) is 15.2. The second-order valence-electron chi connectivity index (χ2n) is 4.84. The Morgan fingerprint density at radius 1 is 1.05 bits per heavy atom. The van der Waals surface area contributed by atoms with Crippen molar-refractivity contribution >= 4 is 22.7 Å². The summed E-state index contributed by atoms with van der Waals surface area (Å²) in [5, 5.41) is 10.1. The van der Waals surface area contributed by atoms with Crippen LogP contribution in [0.3, 0.4) is 0 Å². The number of fused-ring (bicyclic) bond motifs is 1. The molecule has 0 aliphatic heterocycles. The maximum absolute atomic E-state index is 12.4. The number of amides is 2. The Bertz CT molecular complexity index is 826. The number of hydrogen-bond acceptors (Lipinski definition) is 3. The number of para-hydroxylation sites is 1. The summed E-state index contributed by atoms with van der Waals surface area (Å²) in [5.41, 5.74) is 7.02. The van der Waals surface area contributed by atoms with E-state index in [2.05, 4.69) is 15.5 Å². The van der Waals surface area contributed by atoms with Crippen molar-refractivity contribution in [3.05, 3.63) is 65.9 Å². The fourth-order valence-corrected chi connectivity index (χ4v) is 2.30. The number of rotatable bonds is 4. The summed E-state index contributed by atoms with van der Waals surface area (Å²) in [6.45, 7) is 0. The lowest BCUT2D eigenvalue weighted by atomic mass is 10.1. The number of nitrogens with one attached hydrogen (secondary N) is 2. The van der Waals surface area contributed by atoms with Crippen LogP contribution in [-0.2, 0) is 4.79 Å². The van der Waals surface area contributed by atoms with Gasteiger partial charge in [-0.1, -0.05) is 48.5 Å². The second-order valence-corrected chi connectivity index (χ2v) is 4.84. The predicted molar refractivity (Wildman–Crippen MR) is 81.9 cm³/mol. The van der Waals surface area contributed by atoms with E-state index < -0.39 is 17.9 Å². The number of primary amides is 1. The number of nitrogens with zero attached hydrogens (tertiary/aromatic N) is 1. The normalized spacial score (nSPS) is 12.0. The standard InChI is InChI=1S/C16H14N4O2/c17-15(21)13(10-6-2-1-3-7-10)18-16(22)14-11-8-4-5-9-12(11)19-20-14/h1-9,13H,(H2,17,21)(H,18,22)(H,19,20). The van der Waals surface area contributed by atoms with Crippen LogP contribution >= 0.6 is 0 Å². The molecule has 1 heterocycles. The summed E-state index contributed by atoms with van der Waals surface area (Å²) in [6.07, 6.45) is 0. The molecular formula is C16H14N4O2. The molecule has 1 unspecified atom stereocenters. The monoisotopic (exact) mass is 294 g/mol. The maximum atomic E-state index is 12.4. The lowest BCUT2D eigenvalue weighted by molar-refractivity contribution is -0.120. The Kier molecular flexibility index (Phi) is 3.57. The van der Waals surface area contributed by atoms with E-state index in [1.54, 1.807) is 30.3 Å². The van der Waals surface area contributed by atoms with Gasteiger partial charge < -0.3 is 11.1 Å². The summed E-state index contributed by atoms with van der Waals surface area (Å²) in [4.78, 5) is 24.1. The number of hydrogen-bond donors (Lipinski definition) is 3. The zero-order valence-corrected chi connectivity index (χ0v) is 11.6. The molecule has 0 saturated heterocycles. The van der Waals surface area contributed by atoms with E-state index in [4.69, 9.17) is 5.73 Å². The molecule has 1 atom stereocenters. The minimum absolute atomic E-state index is 0.234. The van der Waals surface area contributed by atoms with Gasteiger partial charge in [-0.25, -0.2) is 0 Å². The first-order valence-corrected chi connectivity index (χ1v) is 6.75. The minimum Gasteiger partial charge on any atom is -0.368 e. The molecule has 6 nitrogen and oxygen atoms in total. The van der Waals surface area contributed by atoms with E-state index >= 15 is 0 Å². The highest BCUT2D eigenvalue weighted by Gasteiger charge is 2.23. The van der Waals surface area contributed by atoms with E-state index in [1.165, 1.54) is 0 Å². The van der Waals surface area contributed by atoms with Crippen LogP contribution in [0, 0.1) is 0 Å². The van der Waals surface area contributed by atoms with Crippen molar-refractivity contribution in [3.63, 3.8) is 0 Å². The minimum atomic E-state index is -0.899. The first kappa shape index (κ1) is 13.8. The molecule has 0 aliphatic rings. The van der Waals surface area contributed by atoms with Gasteiger partial charge in [-0.05, 0) is 11.6 Å². The average Bonchev–Trinajstić information content (AvgIpc) is 2.97. The van der Waals surface area contributed by atoms with E-state index in [9.17, 15) is 9.59 Å². The molecular weight excluding hydrogens is 280 g/mol. The van der Waals surface area contributed by atoms with Crippen molar-refractivity contribution in [2.75, 3.05) is 0 Å². The van der Waals surface area contributed by atoms with Gasteiger partial charge in [0.25, 0.3) is 5.91 Å². The molecule has 0 spiro atoms. The maximum Gasteiger partial charge on any atom is 0.273 e. The molecule has 6 heteroatoms. The molecule has 3 aromatic rings. The van der Waals surface area contributed by atoms with Gasteiger partial charge in [0, 0.05) is 5.39 Å². The van der Waals surface area contributed by atoms with Crippen molar-refractivity contribution in [2.45, 2.75) is 6.04 Å². The number of nitrogens with two attached hydrogens (primary N) is 1. The van der Waals surface area contributed by atoms with Crippen molar-refractivity contribution in [2.24, 2.45) is 5.73 Å². The van der Waals surface area contributed by atoms with Crippen LogP contribution in [0.5, 0.6) is 0 Å². The lowest BCUT2D eigenvalue weighted by Crippen LogP contribution is -2.37. The van der Waals surface area contributed by atoms with Crippen LogP contribution in [0.25, 0.3) is 10.9 Å². The molecule has 2 aromatic carbocycles. The largest absolute Gasteiger partial charge is 0.368 e. The van der Waals surface area contributed by atoms with Gasteiger partial charge in [0.2, 0.25) is 5.91 Å². The Morgan fingerprint density at radius 3 is 2.45 bits per heavy atom. The third kappa shape index (κ3) is 2.54. The fourth-order valence-electron chi connectivity index (χ4n) is 2.30. The molecule has 0 bridgehead atoms. The van der Waals surface area contributed by atoms with Gasteiger partial charge in [0.05, 0.1) is 5.52 Å². The molecule has 3 rings (SSSR count). The summed E-state index contributed by atoms with van der Waals surface area (Å²) < 4.78 is 0. The quantitative estimate of drug-likeness (QED) is 0.680. The predicted octanol–water partition coefficient (Wildman–Crippen LogP) is 1.52. The van der Waals surface area contributed by atoms with Crippen molar-refractivity contribution in [1.82, 2.24) is 15.5 Å². The van der Waals surface area contributed by atoms with Gasteiger partial charge in [-0.15, -0.1) is 0 Å². The zero-order chi connectivity index (χ0) is 15.5. The molecule has 2 amide bonds. The smallest absolute Gasteiger partial charge is 0.273 e. The van der Waals surface area contributed by atoms with Crippen molar-refractivity contribution < 1.29 is 9.59 Å². The van der Waals surface area contributed by atoms with Crippen molar-refractivity contribution in [3.8, 4) is 0 Å². The van der Waals surface area contributed by atoms with Crippen LogP contribution in [0.15, 0.2) is 54.6 Å². The summed E-state index contributed by atoms with van der Waals surface area (Å²) >= 11 is 0. The Labute approximate surface area is 126 Å². The topological polar surface area (TPSA) is 101 Å². The van der Waals surface area contributed by atoms with E-state index in [1.807, 2.05) is 24.3 Å². The molecule has 0 radical (unpaired) electrons. The Hall–Kier alpha value is -3.15. The highest BCUT2D eigenvalue weighted by atomic mass is 16.2. The SMILES string of the molecule is NC(=O)C(NC(=O)c1n[nH]c2ccccc12)c1ccccc1. The van der Waals surface area contributed by atoms with Crippen LogP contribution in [0.4, 0.5) is 0 Å². The Balaban J connectivity index is 1.90.